The van der Waals surface area contributed by atoms with Gasteiger partial charge in [-0.25, -0.2) is 12.7 Å². The zero-order valence-corrected chi connectivity index (χ0v) is 12.7. The summed E-state index contributed by atoms with van der Waals surface area (Å²) in [5.74, 6) is 0.359. The lowest BCUT2D eigenvalue weighted by Crippen LogP contribution is -2.34. The summed E-state index contributed by atoms with van der Waals surface area (Å²) < 4.78 is 31.9. The first-order valence-electron chi connectivity index (χ1n) is 6.71. The summed E-state index contributed by atoms with van der Waals surface area (Å²) in [4.78, 5) is 4.14. The first-order chi connectivity index (χ1) is 9.55. The second-order valence-corrected chi connectivity index (χ2v) is 6.98. The second kappa shape index (κ2) is 6.51. The normalized spacial score (nSPS) is 17.4. The SMILES string of the molecule is CNc1ccncc1S(=O)(=O)N(C)CC1CCOCC1. The van der Waals surface area contributed by atoms with Gasteiger partial charge in [-0.15, -0.1) is 0 Å². The predicted octanol–water partition coefficient (Wildman–Crippen LogP) is 1.17. The van der Waals surface area contributed by atoms with Crippen LogP contribution in [-0.2, 0) is 14.8 Å². The van der Waals surface area contributed by atoms with Crippen molar-refractivity contribution >= 4 is 15.7 Å². The van der Waals surface area contributed by atoms with Crippen LogP contribution in [0.5, 0.6) is 0 Å². The maximum Gasteiger partial charge on any atom is 0.246 e. The molecule has 2 rings (SSSR count). The lowest BCUT2D eigenvalue weighted by molar-refractivity contribution is 0.0620. The van der Waals surface area contributed by atoms with Crippen LogP contribution in [0.2, 0.25) is 0 Å². The molecule has 0 atom stereocenters. The zero-order chi connectivity index (χ0) is 14.6. The molecule has 6 nitrogen and oxygen atoms in total. The van der Waals surface area contributed by atoms with E-state index in [0.717, 1.165) is 12.8 Å². The van der Waals surface area contributed by atoms with Gasteiger partial charge < -0.3 is 10.1 Å². The van der Waals surface area contributed by atoms with E-state index in [0.29, 0.717) is 31.4 Å². The van der Waals surface area contributed by atoms with E-state index in [-0.39, 0.29) is 4.90 Å². The van der Waals surface area contributed by atoms with Crippen LogP contribution in [0.3, 0.4) is 0 Å². The Labute approximate surface area is 120 Å². The van der Waals surface area contributed by atoms with Crippen molar-refractivity contribution in [2.45, 2.75) is 17.7 Å². The summed E-state index contributed by atoms with van der Waals surface area (Å²) in [6.07, 6.45) is 4.78. The Bertz CT molecular complexity index is 542. The van der Waals surface area contributed by atoms with Crippen LogP contribution in [-0.4, -0.2) is 51.6 Å². The lowest BCUT2D eigenvalue weighted by Gasteiger charge is -2.27. The smallest absolute Gasteiger partial charge is 0.246 e. The second-order valence-electron chi connectivity index (χ2n) is 4.96. The van der Waals surface area contributed by atoms with E-state index in [1.807, 2.05) is 0 Å². The number of nitrogens with zero attached hydrogens (tertiary/aromatic N) is 2. The molecule has 0 amide bonds. The van der Waals surface area contributed by atoms with E-state index in [9.17, 15) is 8.42 Å². The highest BCUT2D eigenvalue weighted by atomic mass is 32.2. The largest absolute Gasteiger partial charge is 0.387 e. The van der Waals surface area contributed by atoms with E-state index in [1.54, 1.807) is 26.4 Å². The molecule has 0 saturated carbocycles. The molecule has 1 N–H and O–H groups in total. The summed E-state index contributed by atoms with van der Waals surface area (Å²) >= 11 is 0. The fraction of sp³-hybridized carbons (Fsp3) is 0.615. The molecular weight excluding hydrogens is 278 g/mol. The average Bonchev–Trinajstić information content (AvgIpc) is 2.48. The maximum absolute atomic E-state index is 12.6. The molecule has 1 aliphatic heterocycles. The number of aromatic nitrogens is 1. The molecule has 1 aromatic heterocycles. The van der Waals surface area contributed by atoms with Crippen molar-refractivity contribution in [2.24, 2.45) is 5.92 Å². The third-order valence-electron chi connectivity index (χ3n) is 3.60. The molecule has 112 valence electrons. The standard InChI is InChI=1S/C13H21N3O3S/c1-14-12-3-6-15-9-13(12)20(17,18)16(2)10-11-4-7-19-8-5-11/h3,6,9,11H,4-5,7-8,10H2,1-2H3,(H,14,15). The number of nitrogens with one attached hydrogen (secondary N) is 1. The van der Waals surface area contributed by atoms with Gasteiger partial charge in [0.1, 0.15) is 4.90 Å². The van der Waals surface area contributed by atoms with Gasteiger partial charge in [0.25, 0.3) is 0 Å². The molecule has 1 saturated heterocycles. The third kappa shape index (κ3) is 3.28. The van der Waals surface area contributed by atoms with Gasteiger partial charge in [-0.1, -0.05) is 0 Å². The summed E-state index contributed by atoms with van der Waals surface area (Å²) in [5, 5.41) is 2.89. The molecule has 0 aromatic carbocycles. The van der Waals surface area contributed by atoms with Crippen LogP contribution in [0.4, 0.5) is 5.69 Å². The quantitative estimate of drug-likeness (QED) is 0.883. The fourth-order valence-electron chi connectivity index (χ4n) is 2.35. The van der Waals surface area contributed by atoms with Gasteiger partial charge in [0, 0.05) is 46.2 Å². The Hall–Kier alpha value is -1.18. The molecule has 0 bridgehead atoms. The van der Waals surface area contributed by atoms with Crippen molar-refractivity contribution in [2.75, 3.05) is 39.2 Å². The van der Waals surface area contributed by atoms with E-state index >= 15 is 0 Å². The van der Waals surface area contributed by atoms with Crippen molar-refractivity contribution in [3.8, 4) is 0 Å². The Balaban J connectivity index is 2.16. The maximum atomic E-state index is 12.6. The van der Waals surface area contributed by atoms with Gasteiger partial charge in [-0.2, -0.15) is 0 Å². The van der Waals surface area contributed by atoms with Gasteiger partial charge in [-0.3, -0.25) is 4.98 Å². The Morgan fingerprint density at radius 1 is 1.45 bits per heavy atom. The Morgan fingerprint density at radius 3 is 2.80 bits per heavy atom. The summed E-state index contributed by atoms with van der Waals surface area (Å²) in [6.45, 7) is 1.95. The Morgan fingerprint density at radius 2 is 2.15 bits per heavy atom. The minimum Gasteiger partial charge on any atom is -0.387 e. The number of sulfonamides is 1. The molecule has 0 unspecified atom stereocenters. The van der Waals surface area contributed by atoms with Gasteiger partial charge in [0.05, 0.1) is 5.69 Å². The van der Waals surface area contributed by atoms with Crippen LogP contribution in [0.25, 0.3) is 0 Å². The first kappa shape index (κ1) is 15.2. The van der Waals surface area contributed by atoms with Crippen LogP contribution in [0, 0.1) is 5.92 Å². The minimum absolute atomic E-state index is 0.219. The minimum atomic E-state index is -3.51. The molecule has 0 aliphatic carbocycles. The highest BCUT2D eigenvalue weighted by molar-refractivity contribution is 7.89. The molecule has 0 spiro atoms. The van der Waals surface area contributed by atoms with Gasteiger partial charge >= 0.3 is 0 Å². The Kier molecular flexibility index (Phi) is 4.95. The third-order valence-corrected chi connectivity index (χ3v) is 5.45. The molecule has 20 heavy (non-hydrogen) atoms. The predicted molar refractivity (Wildman–Crippen MR) is 77.1 cm³/mol. The van der Waals surface area contributed by atoms with Gasteiger partial charge in [0.2, 0.25) is 10.0 Å². The van der Waals surface area contributed by atoms with Crippen LogP contribution >= 0.6 is 0 Å². The molecular formula is C13H21N3O3S. The topological polar surface area (TPSA) is 71.5 Å². The van der Waals surface area contributed by atoms with Crippen molar-refractivity contribution < 1.29 is 13.2 Å². The number of hydrogen-bond donors (Lipinski definition) is 1. The summed E-state index contributed by atoms with van der Waals surface area (Å²) in [6, 6.07) is 1.66. The number of hydrogen-bond acceptors (Lipinski definition) is 5. The van der Waals surface area contributed by atoms with E-state index in [2.05, 4.69) is 10.3 Å². The van der Waals surface area contributed by atoms with Crippen molar-refractivity contribution in [1.82, 2.24) is 9.29 Å². The zero-order valence-electron chi connectivity index (χ0n) is 11.9. The van der Waals surface area contributed by atoms with E-state index < -0.39 is 10.0 Å². The van der Waals surface area contributed by atoms with Crippen molar-refractivity contribution in [3.63, 3.8) is 0 Å². The molecule has 1 aromatic rings. The summed E-state index contributed by atoms with van der Waals surface area (Å²) in [5.41, 5.74) is 0.568. The molecule has 1 fully saturated rings. The van der Waals surface area contributed by atoms with Crippen molar-refractivity contribution in [1.29, 1.82) is 0 Å². The average molecular weight is 299 g/mol. The molecule has 2 heterocycles. The first-order valence-corrected chi connectivity index (χ1v) is 8.15. The highest BCUT2D eigenvalue weighted by Gasteiger charge is 2.27. The number of ether oxygens (including phenoxy) is 1. The van der Waals surface area contributed by atoms with Crippen molar-refractivity contribution in [3.05, 3.63) is 18.5 Å². The van der Waals surface area contributed by atoms with Gasteiger partial charge in [0.15, 0.2) is 0 Å². The number of anilines is 1. The molecule has 1 aliphatic rings. The van der Waals surface area contributed by atoms with Gasteiger partial charge in [-0.05, 0) is 24.8 Å². The summed E-state index contributed by atoms with van der Waals surface area (Å²) in [7, 11) is -0.190. The highest BCUT2D eigenvalue weighted by Crippen LogP contribution is 2.24. The number of pyridine rings is 1. The van der Waals surface area contributed by atoms with Crippen LogP contribution in [0.1, 0.15) is 12.8 Å². The molecule has 7 heteroatoms. The number of rotatable bonds is 5. The fourth-order valence-corrected chi connectivity index (χ4v) is 3.74. The van der Waals surface area contributed by atoms with Crippen LogP contribution in [0.15, 0.2) is 23.4 Å². The van der Waals surface area contributed by atoms with E-state index in [4.69, 9.17) is 4.74 Å². The molecule has 0 radical (unpaired) electrons. The monoisotopic (exact) mass is 299 g/mol. The van der Waals surface area contributed by atoms with E-state index in [1.165, 1.54) is 10.5 Å². The van der Waals surface area contributed by atoms with Crippen LogP contribution < -0.4 is 5.32 Å². The lowest BCUT2D eigenvalue weighted by atomic mass is 10.0.